The molecule has 0 unspecified atom stereocenters. The second-order valence-corrected chi connectivity index (χ2v) is 6.87. The molecule has 0 radical (unpaired) electrons. The van der Waals surface area contributed by atoms with E-state index in [9.17, 15) is 4.79 Å². The number of nitrogens with one attached hydrogen (secondary N) is 1. The van der Waals surface area contributed by atoms with Crippen molar-refractivity contribution in [3.63, 3.8) is 0 Å². The van der Waals surface area contributed by atoms with Gasteiger partial charge in [0.05, 0.1) is 12.2 Å². The van der Waals surface area contributed by atoms with Crippen LogP contribution in [-0.4, -0.2) is 43.9 Å². The monoisotopic (exact) mass is 346 g/mol. The summed E-state index contributed by atoms with van der Waals surface area (Å²) >= 11 is 0. The third-order valence-corrected chi connectivity index (χ3v) is 4.93. The van der Waals surface area contributed by atoms with E-state index in [-0.39, 0.29) is 12.1 Å². The number of hydrogen-bond donors (Lipinski definition) is 1. The Morgan fingerprint density at radius 3 is 2.92 bits per heavy atom. The van der Waals surface area contributed by atoms with Gasteiger partial charge >= 0.3 is 6.03 Å². The molecule has 8 nitrogen and oxygen atoms in total. The number of carbonyl (C=O) groups is 1. The van der Waals surface area contributed by atoms with E-state index in [1.807, 2.05) is 36.7 Å². The van der Waals surface area contributed by atoms with Crippen molar-refractivity contribution < 1.29 is 9.32 Å². The van der Waals surface area contributed by atoms with Gasteiger partial charge in [0.25, 0.3) is 0 Å². The van der Waals surface area contributed by atoms with Gasteiger partial charge in [0.1, 0.15) is 0 Å². The van der Waals surface area contributed by atoms with Gasteiger partial charge in [-0.15, -0.1) is 0 Å². The Morgan fingerprint density at radius 2 is 2.28 bits per heavy atom. The van der Waals surface area contributed by atoms with Crippen LogP contribution in [0.3, 0.4) is 0 Å². The van der Waals surface area contributed by atoms with Crippen LogP contribution in [-0.2, 0) is 13.5 Å². The summed E-state index contributed by atoms with van der Waals surface area (Å²) in [5.74, 6) is 1.68. The molecule has 2 amide bonds. The number of aryl methyl sites for hydroxylation is 2. The third kappa shape index (κ3) is 4.00. The quantitative estimate of drug-likeness (QED) is 0.916. The van der Waals surface area contributed by atoms with E-state index in [4.69, 9.17) is 4.52 Å². The highest BCUT2D eigenvalue weighted by Crippen LogP contribution is 2.21. The Hall–Kier alpha value is -2.38. The third-order valence-electron chi connectivity index (χ3n) is 4.93. The lowest BCUT2D eigenvalue weighted by Gasteiger charge is -2.33. The molecule has 1 fully saturated rings. The topological polar surface area (TPSA) is 89.1 Å². The summed E-state index contributed by atoms with van der Waals surface area (Å²) in [6, 6.07) is -0.0915. The fourth-order valence-corrected chi connectivity index (χ4v) is 3.39. The van der Waals surface area contributed by atoms with Crippen LogP contribution < -0.4 is 5.32 Å². The van der Waals surface area contributed by atoms with Crippen LogP contribution in [0, 0.1) is 19.8 Å². The highest BCUT2D eigenvalue weighted by molar-refractivity contribution is 5.74. The van der Waals surface area contributed by atoms with Crippen LogP contribution in [0.25, 0.3) is 0 Å². The van der Waals surface area contributed by atoms with Crippen molar-refractivity contribution in [2.45, 2.75) is 46.1 Å². The summed E-state index contributed by atoms with van der Waals surface area (Å²) in [5, 5.41) is 11.3. The lowest BCUT2D eigenvalue weighted by Crippen LogP contribution is -2.46. The van der Waals surface area contributed by atoms with Gasteiger partial charge in [-0.3, -0.25) is 4.68 Å². The number of carbonyl (C=O) groups excluding carboxylic acids is 1. The molecule has 3 rings (SSSR count). The molecule has 2 atom stereocenters. The zero-order chi connectivity index (χ0) is 18.0. The number of amides is 2. The molecule has 1 aliphatic rings. The SMILES string of the molecule is Cc1nc(C[C@@H]2CCCN(C(=O)N[C@@H](C)c3cnn(C)c3C)C2)no1. The van der Waals surface area contributed by atoms with Crippen LogP contribution in [0.5, 0.6) is 0 Å². The Morgan fingerprint density at radius 1 is 1.48 bits per heavy atom. The number of hydrogen-bond acceptors (Lipinski definition) is 5. The van der Waals surface area contributed by atoms with Crippen molar-refractivity contribution in [3.05, 3.63) is 29.2 Å². The Balaban J connectivity index is 1.57. The maximum absolute atomic E-state index is 12.6. The second-order valence-electron chi connectivity index (χ2n) is 6.87. The minimum atomic E-state index is -0.0681. The zero-order valence-electron chi connectivity index (χ0n) is 15.3. The van der Waals surface area contributed by atoms with Gasteiger partial charge in [-0.2, -0.15) is 10.1 Å². The average Bonchev–Trinajstić information content (AvgIpc) is 3.14. The predicted molar refractivity (Wildman–Crippen MR) is 91.9 cm³/mol. The summed E-state index contributed by atoms with van der Waals surface area (Å²) in [7, 11) is 1.91. The molecular formula is C17H26N6O2. The van der Waals surface area contributed by atoms with Crippen molar-refractivity contribution >= 4 is 6.03 Å². The number of piperidine rings is 1. The van der Waals surface area contributed by atoms with Gasteiger partial charge in [0, 0.05) is 44.7 Å². The van der Waals surface area contributed by atoms with Crippen molar-refractivity contribution in [3.8, 4) is 0 Å². The molecule has 3 heterocycles. The molecule has 2 aromatic rings. The number of urea groups is 1. The van der Waals surface area contributed by atoms with Crippen molar-refractivity contribution in [2.75, 3.05) is 13.1 Å². The highest BCUT2D eigenvalue weighted by atomic mass is 16.5. The second kappa shape index (κ2) is 7.25. The first-order chi connectivity index (χ1) is 11.9. The van der Waals surface area contributed by atoms with Crippen molar-refractivity contribution in [1.29, 1.82) is 0 Å². The molecule has 136 valence electrons. The first kappa shape index (κ1) is 17.4. The average molecular weight is 346 g/mol. The summed E-state index contributed by atoms with van der Waals surface area (Å²) < 4.78 is 6.85. The molecule has 0 saturated carbocycles. The van der Waals surface area contributed by atoms with E-state index in [1.54, 1.807) is 6.92 Å². The Labute approximate surface area is 147 Å². The van der Waals surface area contributed by atoms with E-state index in [0.29, 0.717) is 11.8 Å². The first-order valence-corrected chi connectivity index (χ1v) is 8.77. The van der Waals surface area contributed by atoms with Crippen molar-refractivity contribution in [2.24, 2.45) is 13.0 Å². The molecule has 25 heavy (non-hydrogen) atoms. The van der Waals surface area contributed by atoms with Crippen LogP contribution in [0.4, 0.5) is 4.79 Å². The van der Waals surface area contributed by atoms with Gasteiger partial charge in [0.15, 0.2) is 5.82 Å². The summed E-state index contributed by atoms with van der Waals surface area (Å²) in [4.78, 5) is 18.8. The highest BCUT2D eigenvalue weighted by Gasteiger charge is 2.26. The molecule has 2 aromatic heterocycles. The number of rotatable bonds is 4. The predicted octanol–water partition coefficient (Wildman–Crippen LogP) is 2.15. The smallest absolute Gasteiger partial charge is 0.317 e. The van der Waals surface area contributed by atoms with Crippen LogP contribution >= 0.6 is 0 Å². The maximum Gasteiger partial charge on any atom is 0.317 e. The molecule has 1 N–H and O–H groups in total. The van der Waals surface area contributed by atoms with Gasteiger partial charge in [0.2, 0.25) is 5.89 Å². The number of nitrogens with zero attached hydrogens (tertiary/aromatic N) is 5. The van der Waals surface area contributed by atoms with Gasteiger partial charge in [-0.05, 0) is 32.6 Å². The maximum atomic E-state index is 12.6. The lowest BCUT2D eigenvalue weighted by atomic mass is 9.94. The lowest BCUT2D eigenvalue weighted by molar-refractivity contribution is 0.161. The van der Waals surface area contributed by atoms with Gasteiger partial charge in [-0.25, -0.2) is 4.79 Å². The molecule has 0 bridgehead atoms. The molecule has 0 aromatic carbocycles. The fraction of sp³-hybridized carbons (Fsp3) is 0.647. The molecule has 1 aliphatic heterocycles. The minimum absolute atomic E-state index is 0.0234. The van der Waals surface area contributed by atoms with E-state index >= 15 is 0 Å². The summed E-state index contributed by atoms with van der Waals surface area (Å²) in [5.41, 5.74) is 2.11. The normalized spacial score (nSPS) is 19.0. The number of likely N-dealkylation sites (tertiary alicyclic amines) is 1. The standard InChI is InChI=1S/C17H26N6O2/c1-11(15-9-18-22(4)12(15)2)19-17(24)23-7-5-6-14(10-23)8-16-20-13(3)25-21-16/h9,11,14H,5-8,10H2,1-4H3,(H,19,24)/t11-,14-/m0/s1. The number of aromatic nitrogens is 4. The van der Waals surface area contributed by atoms with Crippen LogP contribution in [0.1, 0.15) is 48.8 Å². The summed E-state index contributed by atoms with van der Waals surface area (Å²) in [6.07, 6.45) is 4.64. The zero-order valence-corrected chi connectivity index (χ0v) is 15.3. The van der Waals surface area contributed by atoms with Crippen LogP contribution in [0.2, 0.25) is 0 Å². The van der Waals surface area contributed by atoms with E-state index in [2.05, 4.69) is 20.6 Å². The largest absolute Gasteiger partial charge is 0.340 e. The van der Waals surface area contributed by atoms with E-state index in [0.717, 1.165) is 49.4 Å². The first-order valence-electron chi connectivity index (χ1n) is 8.77. The molecule has 0 spiro atoms. The molecular weight excluding hydrogens is 320 g/mol. The van der Waals surface area contributed by atoms with Crippen LogP contribution in [0.15, 0.2) is 10.7 Å². The van der Waals surface area contributed by atoms with Gasteiger partial charge < -0.3 is 14.7 Å². The fourth-order valence-electron chi connectivity index (χ4n) is 3.39. The van der Waals surface area contributed by atoms with Crippen molar-refractivity contribution in [1.82, 2.24) is 30.1 Å². The molecule has 1 saturated heterocycles. The van der Waals surface area contributed by atoms with E-state index in [1.165, 1.54) is 0 Å². The Kier molecular flexibility index (Phi) is 5.06. The minimum Gasteiger partial charge on any atom is -0.340 e. The summed E-state index contributed by atoms with van der Waals surface area (Å²) in [6.45, 7) is 7.30. The molecule has 8 heteroatoms. The Bertz CT molecular complexity index is 737. The van der Waals surface area contributed by atoms with E-state index < -0.39 is 0 Å². The van der Waals surface area contributed by atoms with Gasteiger partial charge in [-0.1, -0.05) is 5.16 Å². The molecule has 0 aliphatic carbocycles.